The summed E-state index contributed by atoms with van der Waals surface area (Å²) in [4.78, 5) is 0. The van der Waals surface area contributed by atoms with Crippen LogP contribution in [0.1, 0.15) is 24.2 Å². The fourth-order valence-corrected chi connectivity index (χ4v) is 2.16. The molecule has 1 nitrogen and oxygen atoms in total. The fraction of sp³-hybridized carbons (Fsp3) is 0.222. The van der Waals surface area contributed by atoms with E-state index in [0.717, 1.165) is 31.4 Å². The Morgan fingerprint density at radius 3 is 2.95 bits per heavy atom. The maximum atomic E-state index is 5.31. The number of rotatable bonds is 3. The second-order valence-electron chi connectivity index (χ2n) is 4.61. The molecule has 0 amide bonds. The molecule has 0 radical (unpaired) electrons. The summed E-state index contributed by atoms with van der Waals surface area (Å²) < 4.78 is 2.33. The molecule has 0 atom stereocenters. The molecule has 2 heterocycles. The van der Waals surface area contributed by atoms with E-state index in [2.05, 4.69) is 47.4 Å². The number of fused-ring (bicyclic) bond motifs is 1. The fourth-order valence-electron chi connectivity index (χ4n) is 2.16. The Hall–Kier alpha value is -2.20. The zero-order valence-electron chi connectivity index (χ0n) is 11.2. The van der Waals surface area contributed by atoms with E-state index >= 15 is 0 Å². The van der Waals surface area contributed by atoms with Gasteiger partial charge in [-0.3, -0.25) is 0 Å². The molecule has 1 heteroatoms. The lowest BCUT2D eigenvalue weighted by atomic mass is 10.2. The monoisotopic (exact) mass is 249 g/mol. The van der Waals surface area contributed by atoms with Crippen LogP contribution >= 0.6 is 0 Å². The Kier molecular flexibility index (Phi) is 4.64. The maximum Gasteiger partial charge on any atom is 0.0412 e. The molecular formula is C18H19N. The first kappa shape index (κ1) is 13.2. The van der Waals surface area contributed by atoms with Gasteiger partial charge in [0.05, 0.1) is 0 Å². The van der Waals surface area contributed by atoms with Crippen molar-refractivity contribution in [1.82, 2.24) is 4.57 Å². The molecule has 0 N–H and O–H groups in total. The first-order chi connectivity index (χ1) is 9.31. The number of aromatic nitrogens is 1. The molecule has 0 fully saturated rings. The van der Waals surface area contributed by atoms with Gasteiger partial charge in [0.25, 0.3) is 0 Å². The lowest BCUT2D eigenvalue weighted by Crippen LogP contribution is -2.03. The third kappa shape index (κ3) is 3.63. The van der Waals surface area contributed by atoms with Crippen LogP contribution in [-0.4, -0.2) is 4.57 Å². The van der Waals surface area contributed by atoms with Gasteiger partial charge in [-0.05, 0) is 36.6 Å². The molecule has 1 aromatic heterocycles. The standard InChI is InChI=1S/C18H19N/c1-3-4-6-10-17-13-14-18-12-11-16(2)9-7-5-8-15-19(17)18/h1,5,7-9,11-14H,2,4,6,10,15H2/b8-5-,9-7-,12-11-. The van der Waals surface area contributed by atoms with Crippen molar-refractivity contribution in [1.29, 1.82) is 0 Å². The zero-order chi connectivity index (χ0) is 13.5. The zero-order valence-corrected chi connectivity index (χ0v) is 11.2. The summed E-state index contributed by atoms with van der Waals surface area (Å²) in [5.41, 5.74) is 3.57. The number of aryl methyl sites for hydroxylation is 1. The summed E-state index contributed by atoms with van der Waals surface area (Å²) in [6, 6.07) is 4.35. The van der Waals surface area contributed by atoms with Crippen LogP contribution in [0, 0.1) is 12.3 Å². The van der Waals surface area contributed by atoms with E-state index in [-0.39, 0.29) is 0 Å². The van der Waals surface area contributed by atoms with Gasteiger partial charge < -0.3 is 4.57 Å². The third-order valence-corrected chi connectivity index (χ3v) is 3.17. The molecule has 0 saturated heterocycles. The molecule has 1 aliphatic heterocycles. The van der Waals surface area contributed by atoms with Crippen molar-refractivity contribution in [2.45, 2.75) is 25.8 Å². The van der Waals surface area contributed by atoms with E-state index < -0.39 is 0 Å². The second kappa shape index (κ2) is 6.66. The number of hydrogen-bond acceptors (Lipinski definition) is 0. The van der Waals surface area contributed by atoms with Crippen molar-refractivity contribution in [2.75, 3.05) is 0 Å². The highest BCUT2D eigenvalue weighted by molar-refractivity contribution is 5.53. The van der Waals surface area contributed by atoms with Gasteiger partial charge in [-0.15, -0.1) is 12.3 Å². The second-order valence-corrected chi connectivity index (χ2v) is 4.61. The van der Waals surface area contributed by atoms with Crippen LogP contribution in [0.5, 0.6) is 0 Å². The minimum Gasteiger partial charge on any atom is -0.341 e. The Morgan fingerprint density at radius 1 is 1.21 bits per heavy atom. The van der Waals surface area contributed by atoms with Gasteiger partial charge in [-0.1, -0.05) is 37.0 Å². The molecule has 0 aliphatic carbocycles. The Bertz CT molecular complexity index is 573. The van der Waals surface area contributed by atoms with E-state index in [1.165, 1.54) is 11.4 Å². The lowest BCUT2D eigenvalue weighted by molar-refractivity contribution is 0.720. The summed E-state index contributed by atoms with van der Waals surface area (Å²) >= 11 is 0. The summed E-state index contributed by atoms with van der Waals surface area (Å²) in [6.07, 6.45) is 20.7. The number of unbranched alkanes of at least 4 members (excludes halogenated alkanes) is 1. The quantitative estimate of drug-likeness (QED) is 0.560. The first-order valence-corrected chi connectivity index (χ1v) is 6.63. The van der Waals surface area contributed by atoms with Crippen LogP contribution in [0.2, 0.25) is 0 Å². The molecular weight excluding hydrogens is 230 g/mol. The number of allylic oxidation sites excluding steroid dienone is 6. The lowest BCUT2D eigenvalue weighted by Gasteiger charge is -2.09. The molecule has 2 rings (SSSR count). The van der Waals surface area contributed by atoms with Crippen molar-refractivity contribution >= 4 is 6.08 Å². The van der Waals surface area contributed by atoms with Crippen LogP contribution in [0.25, 0.3) is 6.08 Å². The summed E-state index contributed by atoms with van der Waals surface area (Å²) in [5.74, 6) is 2.70. The molecule has 19 heavy (non-hydrogen) atoms. The Balaban J connectivity index is 2.24. The van der Waals surface area contributed by atoms with Crippen molar-refractivity contribution in [3.63, 3.8) is 0 Å². The van der Waals surface area contributed by atoms with Crippen LogP contribution in [-0.2, 0) is 13.0 Å². The van der Waals surface area contributed by atoms with Gasteiger partial charge >= 0.3 is 0 Å². The minimum atomic E-state index is 0.839. The minimum absolute atomic E-state index is 0.839. The number of terminal acetylenes is 1. The van der Waals surface area contributed by atoms with Gasteiger partial charge in [-0.2, -0.15) is 0 Å². The molecule has 0 saturated carbocycles. The predicted molar refractivity (Wildman–Crippen MR) is 82.7 cm³/mol. The number of nitrogens with zero attached hydrogens (tertiary/aromatic N) is 1. The highest BCUT2D eigenvalue weighted by atomic mass is 15.0. The van der Waals surface area contributed by atoms with Gasteiger partial charge in [-0.25, -0.2) is 0 Å². The summed E-state index contributed by atoms with van der Waals surface area (Å²) in [6.45, 7) is 4.89. The van der Waals surface area contributed by atoms with Crippen molar-refractivity contribution in [3.8, 4) is 12.3 Å². The number of hydrogen-bond donors (Lipinski definition) is 0. The highest BCUT2D eigenvalue weighted by Gasteiger charge is 2.05. The molecule has 96 valence electrons. The van der Waals surface area contributed by atoms with E-state index in [0.29, 0.717) is 0 Å². The normalized spacial score (nSPS) is 19.2. The van der Waals surface area contributed by atoms with Crippen LogP contribution in [0.4, 0.5) is 0 Å². The van der Waals surface area contributed by atoms with Crippen LogP contribution in [0.15, 0.2) is 54.7 Å². The molecule has 0 unspecified atom stereocenters. The topological polar surface area (TPSA) is 4.93 Å². The van der Waals surface area contributed by atoms with Crippen LogP contribution < -0.4 is 0 Å². The Labute approximate surface area is 115 Å². The van der Waals surface area contributed by atoms with Crippen molar-refractivity contribution in [3.05, 3.63) is 66.1 Å². The van der Waals surface area contributed by atoms with E-state index in [9.17, 15) is 0 Å². The summed E-state index contributed by atoms with van der Waals surface area (Å²) in [7, 11) is 0. The smallest absolute Gasteiger partial charge is 0.0412 e. The van der Waals surface area contributed by atoms with E-state index in [4.69, 9.17) is 6.42 Å². The average molecular weight is 249 g/mol. The molecule has 0 spiro atoms. The average Bonchev–Trinajstić information content (AvgIpc) is 2.79. The summed E-state index contributed by atoms with van der Waals surface area (Å²) in [5, 5.41) is 0. The van der Waals surface area contributed by atoms with Crippen LogP contribution in [0.3, 0.4) is 0 Å². The SMILES string of the molecule is C#CCCCc1ccc2n1C/C=C\C=C/C(=C)/C=C\2. The molecule has 0 bridgehead atoms. The van der Waals surface area contributed by atoms with E-state index in [1.807, 2.05) is 18.2 Å². The van der Waals surface area contributed by atoms with Crippen molar-refractivity contribution in [2.24, 2.45) is 0 Å². The first-order valence-electron chi connectivity index (χ1n) is 6.63. The van der Waals surface area contributed by atoms with E-state index in [1.54, 1.807) is 0 Å². The Morgan fingerprint density at radius 2 is 2.11 bits per heavy atom. The molecule has 0 aromatic carbocycles. The van der Waals surface area contributed by atoms with Gasteiger partial charge in [0.15, 0.2) is 0 Å². The van der Waals surface area contributed by atoms with Crippen molar-refractivity contribution < 1.29 is 0 Å². The largest absolute Gasteiger partial charge is 0.341 e. The third-order valence-electron chi connectivity index (χ3n) is 3.17. The maximum absolute atomic E-state index is 5.31. The van der Waals surface area contributed by atoms with Gasteiger partial charge in [0, 0.05) is 24.4 Å². The van der Waals surface area contributed by atoms with Gasteiger partial charge in [0.2, 0.25) is 0 Å². The predicted octanol–water partition coefficient (Wildman–Crippen LogP) is 4.14. The molecule has 1 aliphatic rings. The van der Waals surface area contributed by atoms with Gasteiger partial charge in [0.1, 0.15) is 0 Å². The molecule has 1 aromatic rings. The highest BCUT2D eigenvalue weighted by Crippen LogP contribution is 2.16.